The van der Waals surface area contributed by atoms with Gasteiger partial charge in [0.25, 0.3) is 0 Å². The van der Waals surface area contributed by atoms with Crippen molar-refractivity contribution in [3.05, 3.63) is 48.4 Å². The van der Waals surface area contributed by atoms with Gasteiger partial charge in [0.15, 0.2) is 0 Å². The maximum absolute atomic E-state index is 6.06. The van der Waals surface area contributed by atoms with Gasteiger partial charge in [0.1, 0.15) is 5.39 Å². The molecule has 0 radical (unpaired) electrons. The van der Waals surface area contributed by atoms with E-state index in [2.05, 4.69) is 49.7 Å². The summed E-state index contributed by atoms with van der Waals surface area (Å²) in [4.78, 5) is 7.42. The third-order valence-electron chi connectivity index (χ3n) is 4.64. The highest BCUT2D eigenvalue weighted by molar-refractivity contribution is 5.83. The molecule has 2 aromatic heterocycles. The number of nitrogens with zero attached hydrogens (tertiary/aromatic N) is 2. The molecule has 3 aromatic rings. The van der Waals surface area contributed by atoms with Gasteiger partial charge in [-0.1, -0.05) is 35.3 Å². The Hall–Kier alpha value is -2.47. The van der Waals surface area contributed by atoms with Gasteiger partial charge in [-0.25, -0.2) is 10.1 Å². The number of H-pyrrole nitrogens is 2. The van der Waals surface area contributed by atoms with Crippen LogP contribution < -0.4 is 10.3 Å². The van der Waals surface area contributed by atoms with Crippen molar-refractivity contribution < 1.29 is 9.72 Å². The number of aromatic amines is 2. The molecule has 6 nitrogen and oxygen atoms in total. The zero-order chi connectivity index (χ0) is 16.2. The summed E-state index contributed by atoms with van der Waals surface area (Å²) >= 11 is 0. The first-order chi connectivity index (χ1) is 11.9. The van der Waals surface area contributed by atoms with Gasteiger partial charge < -0.3 is 10.1 Å². The molecular formula is C18H22N5O+. The van der Waals surface area contributed by atoms with Crippen molar-refractivity contribution in [3.8, 4) is 0 Å². The van der Waals surface area contributed by atoms with Crippen LogP contribution in [-0.4, -0.2) is 27.3 Å². The molecule has 0 spiro atoms. The molecule has 124 valence electrons. The van der Waals surface area contributed by atoms with E-state index in [1.54, 1.807) is 12.5 Å². The minimum absolute atomic E-state index is 0.360. The van der Waals surface area contributed by atoms with Crippen LogP contribution in [0.1, 0.15) is 31.2 Å². The average molecular weight is 324 g/mol. The number of benzene rings is 1. The molecule has 4 rings (SSSR count). The highest BCUT2D eigenvalue weighted by Gasteiger charge is 2.24. The molecule has 1 aliphatic rings. The van der Waals surface area contributed by atoms with Crippen LogP contribution in [0.3, 0.4) is 0 Å². The summed E-state index contributed by atoms with van der Waals surface area (Å²) in [5, 5.41) is 11.5. The van der Waals surface area contributed by atoms with Crippen molar-refractivity contribution in [2.24, 2.45) is 0 Å². The predicted molar refractivity (Wildman–Crippen MR) is 91.3 cm³/mol. The van der Waals surface area contributed by atoms with Crippen LogP contribution in [0.5, 0.6) is 0 Å². The van der Waals surface area contributed by atoms with Crippen molar-refractivity contribution in [3.63, 3.8) is 0 Å². The molecule has 0 amide bonds. The molecule has 0 saturated heterocycles. The summed E-state index contributed by atoms with van der Waals surface area (Å²) in [5.74, 6) is 0.988. The first-order valence-electron chi connectivity index (χ1n) is 8.50. The Morgan fingerprint density at radius 3 is 2.83 bits per heavy atom. The Morgan fingerprint density at radius 1 is 1.17 bits per heavy atom. The van der Waals surface area contributed by atoms with Crippen LogP contribution in [0, 0.1) is 0 Å². The first kappa shape index (κ1) is 15.1. The van der Waals surface area contributed by atoms with Crippen LogP contribution in [0.2, 0.25) is 0 Å². The molecule has 2 heterocycles. The zero-order valence-electron chi connectivity index (χ0n) is 13.5. The average Bonchev–Trinajstić information content (AvgIpc) is 3.12. The predicted octanol–water partition coefficient (Wildman–Crippen LogP) is 2.71. The summed E-state index contributed by atoms with van der Waals surface area (Å²) in [5.41, 5.74) is 2.04. The molecule has 1 saturated carbocycles. The smallest absolute Gasteiger partial charge is 0.238 e. The van der Waals surface area contributed by atoms with E-state index in [0.717, 1.165) is 42.5 Å². The molecule has 1 fully saturated rings. The van der Waals surface area contributed by atoms with E-state index in [1.807, 2.05) is 6.07 Å². The topological polar surface area (TPSA) is 77.0 Å². The number of hydrogen-bond acceptors (Lipinski definition) is 4. The second-order valence-corrected chi connectivity index (χ2v) is 6.32. The molecule has 6 heteroatoms. The maximum atomic E-state index is 6.06. The normalized spacial score (nSPS) is 21.0. The Bertz CT molecular complexity index is 780. The van der Waals surface area contributed by atoms with Gasteiger partial charge in [0.05, 0.1) is 24.9 Å². The number of hydrogen-bond donors (Lipinski definition) is 2. The monoisotopic (exact) mass is 324 g/mol. The van der Waals surface area contributed by atoms with Crippen molar-refractivity contribution >= 4 is 16.9 Å². The first-order valence-corrected chi connectivity index (χ1v) is 8.50. The van der Waals surface area contributed by atoms with E-state index >= 15 is 0 Å². The zero-order valence-corrected chi connectivity index (χ0v) is 13.5. The van der Waals surface area contributed by atoms with Crippen LogP contribution in [0.15, 0.2) is 42.9 Å². The summed E-state index contributed by atoms with van der Waals surface area (Å²) < 4.78 is 6.06. The van der Waals surface area contributed by atoms with E-state index in [0.29, 0.717) is 18.8 Å². The lowest BCUT2D eigenvalue weighted by Gasteiger charge is -2.27. The quantitative estimate of drug-likeness (QED) is 0.756. The largest absolute Gasteiger partial charge is 0.374 e. The molecular weight excluding hydrogens is 302 g/mol. The molecule has 1 aliphatic carbocycles. The number of rotatable bonds is 5. The standard InChI is InChI=1S/C18H21N5O/c1-2-4-13(5-3-1)11-24-15-8-6-14(7-9-15)22-17-16-10-21-23-18(16)20-12-19-17/h1-5,10,12,14-15H,6-9,11H2,(H2,19,20,21,22,23)/p+1. The van der Waals surface area contributed by atoms with Crippen molar-refractivity contribution in [2.45, 2.75) is 44.4 Å². The second kappa shape index (κ2) is 6.97. The van der Waals surface area contributed by atoms with Gasteiger partial charge in [-0.2, -0.15) is 5.10 Å². The molecule has 24 heavy (non-hydrogen) atoms. The summed E-state index contributed by atoms with van der Waals surface area (Å²) in [6, 6.07) is 10.8. The lowest BCUT2D eigenvalue weighted by molar-refractivity contribution is -0.364. The van der Waals surface area contributed by atoms with Crippen LogP contribution in [0.4, 0.5) is 5.82 Å². The molecule has 0 aliphatic heterocycles. The Morgan fingerprint density at radius 2 is 2.00 bits per heavy atom. The third kappa shape index (κ3) is 3.38. The molecule has 0 bridgehead atoms. The van der Waals surface area contributed by atoms with E-state index in [-0.39, 0.29) is 0 Å². The Labute approximate surface area is 140 Å². The SMILES string of the molecule is c1ccc(COC2CCC(Nc3[nH+]cnc4[nH]ncc34)CC2)cc1. The van der Waals surface area contributed by atoms with Gasteiger partial charge in [0.2, 0.25) is 17.8 Å². The van der Waals surface area contributed by atoms with Crippen molar-refractivity contribution in [1.82, 2.24) is 15.2 Å². The van der Waals surface area contributed by atoms with Gasteiger partial charge in [-0.15, -0.1) is 0 Å². The molecule has 0 unspecified atom stereocenters. The highest BCUT2D eigenvalue weighted by Crippen LogP contribution is 2.25. The minimum atomic E-state index is 0.360. The number of fused-ring (bicyclic) bond motifs is 1. The minimum Gasteiger partial charge on any atom is -0.374 e. The lowest BCUT2D eigenvalue weighted by atomic mass is 9.93. The lowest BCUT2D eigenvalue weighted by Crippen LogP contribution is -2.31. The Kier molecular flexibility index (Phi) is 4.38. The van der Waals surface area contributed by atoms with E-state index in [1.165, 1.54) is 5.56 Å². The van der Waals surface area contributed by atoms with E-state index in [4.69, 9.17) is 4.74 Å². The van der Waals surface area contributed by atoms with Gasteiger partial charge in [-0.3, -0.25) is 0 Å². The summed E-state index contributed by atoms with van der Waals surface area (Å²) in [7, 11) is 0. The Balaban J connectivity index is 1.29. The van der Waals surface area contributed by atoms with Crippen molar-refractivity contribution in [1.29, 1.82) is 0 Å². The fourth-order valence-corrected chi connectivity index (χ4v) is 3.29. The molecule has 1 aromatic carbocycles. The van der Waals surface area contributed by atoms with E-state index < -0.39 is 0 Å². The van der Waals surface area contributed by atoms with Crippen LogP contribution in [0.25, 0.3) is 11.0 Å². The van der Waals surface area contributed by atoms with Crippen LogP contribution >= 0.6 is 0 Å². The third-order valence-corrected chi connectivity index (χ3v) is 4.64. The second-order valence-electron chi connectivity index (χ2n) is 6.32. The fraction of sp³-hybridized carbons (Fsp3) is 0.389. The summed E-state index contributed by atoms with van der Waals surface area (Å²) in [6.45, 7) is 0.706. The maximum Gasteiger partial charge on any atom is 0.238 e. The number of ether oxygens (including phenoxy) is 1. The molecule has 3 N–H and O–H groups in total. The highest BCUT2D eigenvalue weighted by atomic mass is 16.5. The molecule has 0 atom stereocenters. The van der Waals surface area contributed by atoms with Crippen LogP contribution in [-0.2, 0) is 11.3 Å². The number of nitrogens with one attached hydrogen (secondary N) is 3. The van der Waals surface area contributed by atoms with E-state index in [9.17, 15) is 0 Å². The van der Waals surface area contributed by atoms with Gasteiger partial charge in [-0.05, 0) is 31.2 Å². The fourth-order valence-electron chi connectivity index (χ4n) is 3.29. The van der Waals surface area contributed by atoms with Gasteiger partial charge in [0, 0.05) is 0 Å². The number of aromatic nitrogens is 4. The van der Waals surface area contributed by atoms with Gasteiger partial charge >= 0.3 is 0 Å². The summed E-state index contributed by atoms with van der Waals surface area (Å²) in [6.07, 6.45) is 8.24. The number of anilines is 1. The van der Waals surface area contributed by atoms with Crippen molar-refractivity contribution in [2.75, 3.05) is 5.32 Å².